The van der Waals surface area contributed by atoms with Gasteiger partial charge in [-0.2, -0.15) is 5.21 Å². The summed E-state index contributed by atoms with van der Waals surface area (Å²) in [6, 6.07) is 4.08. The smallest absolute Gasteiger partial charge is 0.293 e. The summed E-state index contributed by atoms with van der Waals surface area (Å²) >= 11 is 0. The number of aromatic nitrogens is 4. The molecule has 0 aliphatic rings. The lowest BCUT2D eigenvalue weighted by atomic mass is 10.1. The number of hydrogen-bond acceptors (Lipinski definition) is 5. The van der Waals surface area contributed by atoms with Gasteiger partial charge in [0.2, 0.25) is 0 Å². The van der Waals surface area contributed by atoms with E-state index in [1.54, 1.807) is 13.0 Å². The third-order valence-electron chi connectivity index (χ3n) is 2.57. The molecule has 1 aromatic carbocycles. The Morgan fingerprint density at radius 1 is 1.53 bits per heavy atom. The molecular formula is C11H12FN5O2. The Hall–Kier alpha value is -2.51. The van der Waals surface area contributed by atoms with Gasteiger partial charge in [-0.15, -0.1) is 10.2 Å². The van der Waals surface area contributed by atoms with E-state index in [2.05, 4.69) is 25.9 Å². The first kappa shape index (κ1) is 12.9. The third kappa shape index (κ3) is 2.84. The average molecular weight is 265 g/mol. The number of aromatic amines is 1. The monoisotopic (exact) mass is 265 g/mol. The molecule has 100 valence electrons. The molecule has 0 spiro atoms. The van der Waals surface area contributed by atoms with Gasteiger partial charge in [0.15, 0.2) is 11.6 Å². The van der Waals surface area contributed by atoms with Crippen LogP contribution in [-0.2, 0) is 0 Å². The standard InChI is InChI=1S/C11H12FN5O2/c1-6(13-11(18)10-14-16-17-15-10)7-3-4-9(19-2)8(12)5-7/h3-6H,1-2H3,(H,13,18)(H,14,15,16,17). The van der Waals surface area contributed by atoms with Crippen LogP contribution in [0.2, 0.25) is 0 Å². The van der Waals surface area contributed by atoms with E-state index in [1.807, 2.05) is 0 Å². The topological polar surface area (TPSA) is 92.8 Å². The molecule has 1 amide bonds. The maximum Gasteiger partial charge on any atom is 0.293 e. The van der Waals surface area contributed by atoms with Crippen molar-refractivity contribution in [3.63, 3.8) is 0 Å². The number of methoxy groups -OCH3 is 1. The van der Waals surface area contributed by atoms with Crippen LogP contribution in [-0.4, -0.2) is 33.6 Å². The zero-order valence-corrected chi connectivity index (χ0v) is 10.3. The van der Waals surface area contributed by atoms with E-state index >= 15 is 0 Å². The van der Waals surface area contributed by atoms with Crippen LogP contribution >= 0.6 is 0 Å². The van der Waals surface area contributed by atoms with E-state index in [1.165, 1.54) is 19.2 Å². The zero-order chi connectivity index (χ0) is 13.8. The van der Waals surface area contributed by atoms with E-state index < -0.39 is 17.8 Å². The first-order valence-corrected chi connectivity index (χ1v) is 5.49. The lowest BCUT2D eigenvalue weighted by Crippen LogP contribution is -2.27. The summed E-state index contributed by atoms with van der Waals surface area (Å²) in [4.78, 5) is 11.7. The van der Waals surface area contributed by atoms with E-state index in [0.29, 0.717) is 5.56 Å². The van der Waals surface area contributed by atoms with Gasteiger partial charge < -0.3 is 10.1 Å². The van der Waals surface area contributed by atoms with Crippen LogP contribution in [0.3, 0.4) is 0 Å². The molecule has 1 heterocycles. The highest BCUT2D eigenvalue weighted by atomic mass is 19.1. The number of H-pyrrole nitrogens is 1. The van der Waals surface area contributed by atoms with Crippen LogP contribution in [0.25, 0.3) is 0 Å². The average Bonchev–Trinajstić information content (AvgIpc) is 2.92. The van der Waals surface area contributed by atoms with Crippen LogP contribution in [0.15, 0.2) is 18.2 Å². The fourth-order valence-electron chi connectivity index (χ4n) is 1.55. The maximum atomic E-state index is 13.5. The summed E-state index contributed by atoms with van der Waals surface area (Å²) in [7, 11) is 1.39. The largest absolute Gasteiger partial charge is 0.494 e. The highest BCUT2D eigenvalue weighted by Gasteiger charge is 2.16. The van der Waals surface area contributed by atoms with Gasteiger partial charge in [-0.05, 0) is 29.8 Å². The van der Waals surface area contributed by atoms with Crippen molar-refractivity contribution in [3.8, 4) is 5.75 Å². The maximum absolute atomic E-state index is 13.5. The number of ether oxygens (including phenoxy) is 1. The van der Waals surface area contributed by atoms with Crippen LogP contribution in [0.4, 0.5) is 4.39 Å². The summed E-state index contributed by atoms with van der Waals surface area (Å²) in [5, 5.41) is 15.2. The zero-order valence-electron chi connectivity index (χ0n) is 10.3. The Bertz CT molecular complexity index is 572. The minimum atomic E-state index is -0.488. The molecule has 0 saturated heterocycles. The lowest BCUT2D eigenvalue weighted by Gasteiger charge is -2.13. The van der Waals surface area contributed by atoms with Gasteiger partial charge in [-0.25, -0.2) is 4.39 Å². The van der Waals surface area contributed by atoms with Crippen molar-refractivity contribution >= 4 is 5.91 Å². The van der Waals surface area contributed by atoms with Crippen LogP contribution < -0.4 is 10.1 Å². The first-order valence-electron chi connectivity index (χ1n) is 5.49. The SMILES string of the molecule is COc1ccc(C(C)NC(=O)c2nn[nH]n2)cc1F. The Labute approximate surface area is 108 Å². The summed E-state index contributed by atoms with van der Waals surface area (Å²) in [5.74, 6) is -0.889. The quantitative estimate of drug-likeness (QED) is 0.854. The van der Waals surface area contributed by atoms with Crippen LogP contribution in [0, 0.1) is 5.82 Å². The number of benzene rings is 1. The molecule has 0 aliphatic carbocycles. The third-order valence-corrected chi connectivity index (χ3v) is 2.57. The summed E-state index contributed by atoms with van der Waals surface area (Å²) in [6.07, 6.45) is 0. The van der Waals surface area contributed by atoms with Gasteiger partial charge >= 0.3 is 0 Å². The Morgan fingerprint density at radius 3 is 2.89 bits per heavy atom. The molecule has 2 rings (SSSR count). The summed E-state index contributed by atoms with van der Waals surface area (Å²) in [5.41, 5.74) is 0.607. The minimum Gasteiger partial charge on any atom is -0.494 e. The summed E-state index contributed by atoms with van der Waals surface area (Å²) in [6.45, 7) is 1.72. The molecule has 0 radical (unpaired) electrons. The van der Waals surface area contributed by atoms with Gasteiger partial charge in [-0.1, -0.05) is 6.07 Å². The normalized spacial score (nSPS) is 11.9. The number of halogens is 1. The van der Waals surface area contributed by atoms with E-state index in [-0.39, 0.29) is 11.6 Å². The van der Waals surface area contributed by atoms with Crippen molar-refractivity contribution in [1.82, 2.24) is 25.9 Å². The fourth-order valence-corrected chi connectivity index (χ4v) is 1.55. The second kappa shape index (κ2) is 5.42. The number of nitrogens with zero attached hydrogens (tertiary/aromatic N) is 3. The van der Waals surface area contributed by atoms with Crippen LogP contribution in [0.5, 0.6) is 5.75 Å². The number of amides is 1. The molecule has 7 nitrogen and oxygen atoms in total. The van der Waals surface area contributed by atoms with Crippen molar-refractivity contribution in [1.29, 1.82) is 0 Å². The number of carbonyl (C=O) groups is 1. The predicted octanol–water partition coefficient (Wildman–Crippen LogP) is 0.838. The van der Waals surface area contributed by atoms with Gasteiger partial charge in [0.1, 0.15) is 0 Å². The van der Waals surface area contributed by atoms with Crippen molar-refractivity contribution in [2.75, 3.05) is 7.11 Å². The van der Waals surface area contributed by atoms with Crippen LogP contribution in [0.1, 0.15) is 29.1 Å². The molecule has 1 unspecified atom stereocenters. The molecule has 0 aliphatic heterocycles. The van der Waals surface area contributed by atoms with Crippen molar-refractivity contribution in [2.24, 2.45) is 0 Å². The molecule has 0 saturated carbocycles. The summed E-state index contributed by atoms with van der Waals surface area (Å²) < 4.78 is 18.4. The lowest BCUT2D eigenvalue weighted by molar-refractivity contribution is 0.0929. The second-order valence-electron chi connectivity index (χ2n) is 3.82. The molecule has 2 N–H and O–H groups in total. The number of tetrazole rings is 1. The van der Waals surface area contributed by atoms with Crippen molar-refractivity contribution in [3.05, 3.63) is 35.4 Å². The Morgan fingerprint density at radius 2 is 2.32 bits per heavy atom. The Kier molecular flexibility index (Phi) is 3.69. The molecule has 1 atom stereocenters. The van der Waals surface area contributed by atoms with E-state index in [9.17, 15) is 9.18 Å². The molecule has 8 heteroatoms. The number of carbonyl (C=O) groups excluding carboxylic acids is 1. The molecule has 0 bridgehead atoms. The Balaban J connectivity index is 2.09. The van der Waals surface area contributed by atoms with Crippen molar-refractivity contribution in [2.45, 2.75) is 13.0 Å². The molecule has 0 fully saturated rings. The van der Waals surface area contributed by atoms with Crippen molar-refractivity contribution < 1.29 is 13.9 Å². The molecule has 2 aromatic rings. The van der Waals surface area contributed by atoms with Gasteiger partial charge in [-0.3, -0.25) is 4.79 Å². The first-order chi connectivity index (χ1) is 9.11. The van der Waals surface area contributed by atoms with Gasteiger partial charge in [0.05, 0.1) is 13.2 Å². The fraction of sp³-hybridized carbons (Fsp3) is 0.273. The number of rotatable bonds is 4. The molecule has 1 aromatic heterocycles. The van der Waals surface area contributed by atoms with Gasteiger partial charge in [0, 0.05) is 0 Å². The van der Waals surface area contributed by atoms with E-state index in [4.69, 9.17) is 4.74 Å². The highest BCUT2D eigenvalue weighted by Crippen LogP contribution is 2.21. The molecular weight excluding hydrogens is 253 g/mol. The second-order valence-corrected chi connectivity index (χ2v) is 3.82. The van der Waals surface area contributed by atoms with E-state index in [0.717, 1.165) is 0 Å². The number of nitrogens with one attached hydrogen (secondary N) is 2. The highest BCUT2D eigenvalue weighted by molar-refractivity contribution is 5.90. The molecule has 19 heavy (non-hydrogen) atoms. The minimum absolute atomic E-state index is 0.0687. The number of hydrogen-bond donors (Lipinski definition) is 2. The van der Waals surface area contributed by atoms with Gasteiger partial charge in [0.25, 0.3) is 11.7 Å². The predicted molar refractivity (Wildman–Crippen MR) is 63.0 cm³/mol.